The number of hydrogen-bond acceptors (Lipinski definition) is 5. The molecule has 1 saturated carbocycles. The molecule has 0 bridgehead atoms. The van der Waals surface area contributed by atoms with Gasteiger partial charge in [0.25, 0.3) is 17.7 Å². The molecule has 1 aliphatic carbocycles. The minimum Gasteiger partial charge on any atom is -0.337 e. The standard InChI is InChI=1S/C21H19F4N7O2/c1-30-17-7-16(12-8-21(12,24)25)28-32(17)5-4-15(20(30)34)27-19(33)18-26-10-31(29-18)9-11-2-3-13(22)14(23)6-11/h2-3,6-7,10,12,15H,4-5,8-9H2,1H3,(H,27,33)/t12-,15+/m1/s1. The van der Waals surface area contributed by atoms with Gasteiger partial charge in [0, 0.05) is 26.1 Å². The zero-order chi connectivity index (χ0) is 24.2. The number of nitrogens with one attached hydrogen (secondary N) is 1. The van der Waals surface area contributed by atoms with Gasteiger partial charge >= 0.3 is 0 Å². The molecule has 3 aromatic rings. The number of anilines is 1. The van der Waals surface area contributed by atoms with Gasteiger partial charge in [0.2, 0.25) is 5.82 Å². The van der Waals surface area contributed by atoms with Gasteiger partial charge in [-0.2, -0.15) is 5.10 Å². The predicted octanol–water partition coefficient (Wildman–Crippen LogP) is 2.09. The van der Waals surface area contributed by atoms with E-state index < -0.39 is 41.3 Å². The maximum absolute atomic E-state index is 13.4. The first-order chi connectivity index (χ1) is 16.1. The van der Waals surface area contributed by atoms with Crippen LogP contribution in [0, 0.1) is 11.6 Å². The fourth-order valence-corrected chi connectivity index (χ4v) is 3.94. The molecule has 0 radical (unpaired) electrons. The van der Waals surface area contributed by atoms with Gasteiger partial charge in [-0.05, 0) is 24.1 Å². The van der Waals surface area contributed by atoms with E-state index in [1.54, 1.807) is 0 Å². The molecule has 34 heavy (non-hydrogen) atoms. The average Bonchev–Trinajstić information content (AvgIpc) is 3.14. The van der Waals surface area contributed by atoms with E-state index in [0.717, 1.165) is 12.1 Å². The van der Waals surface area contributed by atoms with Gasteiger partial charge in [-0.1, -0.05) is 6.07 Å². The Bertz CT molecular complexity index is 1290. The van der Waals surface area contributed by atoms with Crippen LogP contribution in [0.1, 0.15) is 40.6 Å². The van der Waals surface area contributed by atoms with Crippen molar-refractivity contribution < 1.29 is 27.2 Å². The minimum absolute atomic E-state index is 0.0616. The third kappa shape index (κ3) is 4.01. The molecule has 2 aliphatic rings. The van der Waals surface area contributed by atoms with E-state index in [9.17, 15) is 27.2 Å². The van der Waals surface area contributed by atoms with Gasteiger partial charge in [-0.15, -0.1) is 5.10 Å². The topological polar surface area (TPSA) is 97.9 Å². The zero-order valence-corrected chi connectivity index (χ0v) is 17.9. The highest BCUT2D eigenvalue weighted by atomic mass is 19.3. The van der Waals surface area contributed by atoms with Crippen LogP contribution in [0.15, 0.2) is 30.6 Å². The van der Waals surface area contributed by atoms with Crippen LogP contribution in [0.25, 0.3) is 0 Å². The maximum atomic E-state index is 13.4. The Morgan fingerprint density at radius 1 is 1.21 bits per heavy atom. The van der Waals surface area contributed by atoms with Crippen molar-refractivity contribution in [3.8, 4) is 0 Å². The lowest BCUT2D eigenvalue weighted by Crippen LogP contribution is -2.47. The van der Waals surface area contributed by atoms with Gasteiger partial charge in [0.1, 0.15) is 18.2 Å². The van der Waals surface area contributed by atoms with Crippen molar-refractivity contribution in [1.82, 2.24) is 29.9 Å². The largest absolute Gasteiger partial charge is 0.337 e. The summed E-state index contributed by atoms with van der Waals surface area (Å²) in [5.74, 6) is -6.59. The van der Waals surface area contributed by atoms with Crippen LogP contribution in [0.5, 0.6) is 0 Å². The quantitative estimate of drug-likeness (QED) is 0.568. The number of aromatic nitrogens is 5. The first-order valence-corrected chi connectivity index (χ1v) is 10.5. The summed E-state index contributed by atoms with van der Waals surface area (Å²) < 4.78 is 56.1. The van der Waals surface area contributed by atoms with Crippen molar-refractivity contribution in [3.63, 3.8) is 0 Å². The molecule has 1 aromatic carbocycles. The third-order valence-corrected chi connectivity index (χ3v) is 5.94. The van der Waals surface area contributed by atoms with Crippen LogP contribution in [-0.2, 0) is 17.9 Å². The van der Waals surface area contributed by atoms with Crippen LogP contribution < -0.4 is 10.2 Å². The highest BCUT2D eigenvalue weighted by Gasteiger charge is 2.59. The van der Waals surface area contributed by atoms with E-state index in [-0.39, 0.29) is 37.4 Å². The number of benzene rings is 1. The van der Waals surface area contributed by atoms with Crippen molar-refractivity contribution in [2.24, 2.45) is 0 Å². The average molecular weight is 477 g/mol. The van der Waals surface area contributed by atoms with Gasteiger partial charge in [-0.3, -0.25) is 14.5 Å². The molecule has 9 nitrogen and oxygen atoms in total. The summed E-state index contributed by atoms with van der Waals surface area (Å²) in [6, 6.07) is 3.99. The molecule has 0 unspecified atom stereocenters. The number of carbonyl (C=O) groups excluding carboxylic acids is 2. The highest BCUT2D eigenvalue weighted by molar-refractivity contribution is 6.00. The Morgan fingerprint density at radius 2 is 1.97 bits per heavy atom. The molecular formula is C21H19F4N7O2. The second-order valence-corrected chi connectivity index (χ2v) is 8.39. The molecule has 2 atom stereocenters. The Balaban J connectivity index is 1.25. The fourth-order valence-electron chi connectivity index (χ4n) is 3.94. The minimum atomic E-state index is -2.76. The van der Waals surface area contributed by atoms with Crippen LogP contribution >= 0.6 is 0 Å². The molecular weight excluding hydrogens is 458 g/mol. The lowest BCUT2D eigenvalue weighted by Gasteiger charge is -2.19. The highest BCUT2D eigenvalue weighted by Crippen LogP contribution is 2.55. The normalized spacial score (nSPS) is 21.2. The number of alkyl halides is 2. The van der Waals surface area contributed by atoms with Crippen LogP contribution in [0.2, 0.25) is 0 Å². The second kappa shape index (κ2) is 7.92. The van der Waals surface area contributed by atoms with Gasteiger partial charge < -0.3 is 5.32 Å². The molecule has 0 spiro atoms. The second-order valence-electron chi connectivity index (χ2n) is 8.39. The lowest BCUT2D eigenvalue weighted by atomic mass is 10.2. The molecule has 13 heteroatoms. The summed E-state index contributed by atoms with van der Waals surface area (Å²) in [7, 11) is 1.49. The van der Waals surface area contributed by atoms with E-state index in [0.29, 0.717) is 11.4 Å². The molecule has 0 saturated heterocycles. The van der Waals surface area contributed by atoms with Crippen molar-refractivity contribution in [2.75, 3.05) is 11.9 Å². The van der Waals surface area contributed by atoms with E-state index in [2.05, 4.69) is 20.5 Å². The van der Waals surface area contributed by atoms with E-state index in [4.69, 9.17) is 0 Å². The number of rotatable bonds is 5. The van der Waals surface area contributed by atoms with Crippen molar-refractivity contribution in [3.05, 3.63) is 59.3 Å². The van der Waals surface area contributed by atoms with E-state index >= 15 is 0 Å². The number of aryl methyl sites for hydroxylation is 1. The molecule has 1 aliphatic heterocycles. The van der Waals surface area contributed by atoms with Crippen LogP contribution in [0.4, 0.5) is 23.4 Å². The van der Waals surface area contributed by atoms with E-state index in [1.807, 2.05) is 0 Å². The molecule has 1 fully saturated rings. The number of likely N-dealkylation sites (N-methyl/N-ethyl adjacent to an activating group) is 1. The number of nitrogens with zero attached hydrogens (tertiary/aromatic N) is 6. The molecule has 2 amide bonds. The number of amides is 2. The summed E-state index contributed by atoms with van der Waals surface area (Å²) in [6.45, 7) is 0.304. The van der Waals surface area contributed by atoms with Crippen molar-refractivity contribution in [1.29, 1.82) is 0 Å². The van der Waals surface area contributed by atoms with Crippen molar-refractivity contribution in [2.45, 2.75) is 43.8 Å². The zero-order valence-electron chi connectivity index (χ0n) is 17.9. The first kappa shape index (κ1) is 22.0. The summed E-state index contributed by atoms with van der Waals surface area (Å²) in [6.07, 6.45) is 1.21. The summed E-state index contributed by atoms with van der Waals surface area (Å²) in [5.41, 5.74) is 0.673. The SMILES string of the molecule is CN1C(=O)[C@@H](NC(=O)c2ncn(Cc3ccc(F)c(F)c3)n2)CCn2nc([C@H]3CC3(F)F)cc21. The Labute approximate surface area is 190 Å². The number of hydrogen-bond donors (Lipinski definition) is 1. The molecule has 178 valence electrons. The number of carbonyl (C=O) groups is 2. The van der Waals surface area contributed by atoms with E-state index in [1.165, 1.54) is 39.8 Å². The fraction of sp³-hybridized carbons (Fsp3) is 0.381. The summed E-state index contributed by atoms with van der Waals surface area (Å²) >= 11 is 0. The monoisotopic (exact) mass is 477 g/mol. The number of halogens is 4. The number of fused-ring (bicyclic) bond motifs is 1. The summed E-state index contributed by atoms with van der Waals surface area (Å²) in [5, 5.41) is 10.9. The summed E-state index contributed by atoms with van der Waals surface area (Å²) in [4.78, 5) is 30.8. The first-order valence-electron chi connectivity index (χ1n) is 10.5. The Hall–Kier alpha value is -3.77. The molecule has 5 rings (SSSR count). The van der Waals surface area contributed by atoms with Gasteiger partial charge in [0.05, 0.1) is 18.2 Å². The molecule has 2 aromatic heterocycles. The third-order valence-electron chi connectivity index (χ3n) is 5.94. The van der Waals surface area contributed by atoms with Crippen LogP contribution in [-0.4, -0.2) is 55.4 Å². The molecule has 1 N–H and O–H groups in total. The van der Waals surface area contributed by atoms with Crippen LogP contribution in [0.3, 0.4) is 0 Å². The maximum Gasteiger partial charge on any atom is 0.291 e. The smallest absolute Gasteiger partial charge is 0.291 e. The lowest BCUT2D eigenvalue weighted by molar-refractivity contribution is -0.120. The Morgan fingerprint density at radius 3 is 2.68 bits per heavy atom. The van der Waals surface area contributed by atoms with Gasteiger partial charge in [0.15, 0.2) is 11.6 Å². The van der Waals surface area contributed by atoms with Crippen molar-refractivity contribution >= 4 is 17.6 Å². The predicted molar refractivity (Wildman–Crippen MR) is 109 cm³/mol. The Kier molecular flexibility index (Phi) is 5.14. The molecule has 3 heterocycles. The van der Waals surface area contributed by atoms with Gasteiger partial charge in [-0.25, -0.2) is 31.9 Å².